The van der Waals surface area contributed by atoms with E-state index in [9.17, 15) is 9.18 Å². The van der Waals surface area contributed by atoms with Gasteiger partial charge in [0.05, 0.1) is 11.1 Å². The van der Waals surface area contributed by atoms with Gasteiger partial charge in [0.2, 0.25) is 0 Å². The maximum atomic E-state index is 13.3. The number of hydrogen-bond acceptors (Lipinski definition) is 2. The summed E-state index contributed by atoms with van der Waals surface area (Å²) in [6, 6.07) is 3.12. The van der Waals surface area contributed by atoms with Gasteiger partial charge in [0, 0.05) is 18.7 Å². The van der Waals surface area contributed by atoms with Crippen molar-refractivity contribution in [2.24, 2.45) is 0 Å². The van der Waals surface area contributed by atoms with Crippen molar-refractivity contribution >= 4 is 23.1 Å². The summed E-state index contributed by atoms with van der Waals surface area (Å²) >= 11 is 5.96. The van der Waals surface area contributed by atoms with Crippen LogP contribution in [0.15, 0.2) is 12.1 Å². The fourth-order valence-electron chi connectivity index (χ4n) is 2.89. The number of hydrogen-bond donors (Lipinski definition) is 0. The van der Waals surface area contributed by atoms with E-state index in [2.05, 4.69) is 4.90 Å². The molecule has 1 atom stereocenters. The van der Waals surface area contributed by atoms with Crippen LogP contribution >= 0.6 is 11.6 Å². The Morgan fingerprint density at radius 3 is 2.88 bits per heavy atom. The fourth-order valence-corrected chi connectivity index (χ4v) is 3.15. The van der Waals surface area contributed by atoms with Crippen LogP contribution in [0.4, 0.5) is 10.1 Å². The molecule has 3 rings (SSSR count). The summed E-state index contributed by atoms with van der Waals surface area (Å²) in [6.07, 6.45) is 3.28. The van der Waals surface area contributed by atoms with Gasteiger partial charge in [-0.1, -0.05) is 11.6 Å². The number of fused-ring (bicyclic) bond motifs is 1. The number of rotatable bonds is 1. The average molecular weight is 254 g/mol. The lowest BCUT2D eigenvalue weighted by Crippen LogP contribution is -2.36. The molecule has 2 nitrogen and oxygen atoms in total. The molecule has 1 heterocycles. The Balaban J connectivity index is 1.99. The number of benzene rings is 1. The first-order valence-corrected chi connectivity index (χ1v) is 6.32. The molecule has 1 aliphatic heterocycles. The smallest absolute Gasteiger partial charge is 0.155 e. The fraction of sp³-hybridized carbons (Fsp3) is 0.462. The van der Waals surface area contributed by atoms with Crippen LogP contribution in [0, 0.1) is 5.82 Å². The van der Waals surface area contributed by atoms with Gasteiger partial charge < -0.3 is 4.90 Å². The Bertz CT molecular complexity index is 489. The Kier molecular flexibility index (Phi) is 2.58. The Hall–Kier alpha value is -1.09. The van der Waals surface area contributed by atoms with E-state index in [-0.39, 0.29) is 16.9 Å². The lowest BCUT2D eigenvalue weighted by atomic mass is 10.1. The number of Topliss-reactive ketones (excluding diaryl/α,β-unsaturated/α-hetero) is 1. The Labute approximate surface area is 104 Å². The maximum Gasteiger partial charge on any atom is 0.155 e. The van der Waals surface area contributed by atoms with E-state index in [1.165, 1.54) is 6.07 Å². The van der Waals surface area contributed by atoms with Crippen LogP contribution in [-0.2, 0) is 11.2 Å². The first-order chi connectivity index (χ1) is 8.18. The predicted octanol–water partition coefficient (Wildman–Crippen LogP) is 2.96. The third-order valence-corrected chi connectivity index (χ3v) is 4.14. The second-order valence-corrected chi connectivity index (χ2v) is 5.05. The molecule has 0 unspecified atom stereocenters. The molecule has 1 aromatic carbocycles. The summed E-state index contributed by atoms with van der Waals surface area (Å²) in [7, 11) is 0. The number of halogens is 2. The monoisotopic (exact) mass is 253 g/mol. The Morgan fingerprint density at radius 2 is 2.18 bits per heavy atom. The SMILES string of the molecule is O=C1CCC[C@@H]1N1CCc2c1ccc(F)c2Cl. The lowest BCUT2D eigenvalue weighted by Gasteiger charge is -2.25. The summed E-state index contributed by atoms with van der Waals surface area (Å²) in [5.74, 6) is -0.0664. The van der Waals surface area contributed by atoms with Crippen LogP contribution in [0.1, 0.15) is 24.8 Å². The van der Waals surface area contributed by atoms with Crippen LogP contribution in [0.5, 0.6) is 0 Å². The summed E-state index contributed by atoms with van der Waals surface area (Å²) in [6.45, 7) is 0.773. The van der Waals surface area contributed by atoms with Crippen molar-refractivity contribution in [3.63, 3.8) is 0 Å². The first kappa shape index (κ1) is 11.0. The highest BCUT2D eigenvalue weighted by Crippen LogP contribution is 2.38. The van der Waals surface area contributed by atoms with Crippen LogP contribution in [-0.4, -0.2) is 18.4 Å². The molecule has 17 heavy (non-hydrogen) atoms. The second kappa shape index (κ2) is 3.98. The number of nitrogens with zero attached hydrogens (tertiary/aromatic N) is 1. The molecule has 1 fully saturated rings. The Morgan fingerprint density at radius 1 is 1.35 bits per heavy atom. The third-order valence-electron chi connectivity index (χ3n) is 3.73. The van der Waals surface area contributed by atoms with Crippen molar-refractivity contribution in [3.8, 4) is 0 Å². The standard InChI is InChI=1S/C13H13ClFNO/c14-13-8-6-7-16(10(8)5-4-9(13)15)11-2-1-3-12(11)17/h4-5,11H,1-3,6-7H2/t11-/m0/s1. The zero-order valence-electron chi connectivity index (χ0n) is 9.38. The van der Waals surface area contributed by atoms with E-state index in [0.29, 0.717) is 12.2 Å². The van der Waals surface area contributed by atoms with Gasteiger partial charge in [0.15, 0.2) is 5.78 Å². The molecule has 0 N–H and O–H groups in total. The normalized spacial score (nSPS) is 23.3. The maximum absolute atomic E-state index is 13.3. The summed E-state index contributed by atoms with van der Waals surface area (Å²) in [5.41, 5.74) is 1.79. The second-order valence-electron chi connectivity index (χ2n) is 4.68. The number of carbonyl (C=O) groups is 1. The minimum atomic E-state index is -0.370. The molecular formula is C13H13ClFNO. The van der Waals surface area contributed by atoms with E-state index in [0.717, 1.165) is 37.1 Å². The highest BCUT2D eigenvalue weighted by Gasteiger charge is 2.34. The van der Waals surface area contributed by atoms with Gasteiger partial charge in [-0.2, -0.15) is 0 Å². The molecule has 0 radical (unpaired) electrons. The minimum absolute atomic E-state index is 0.0159. The van der Waals surface area contributed by atoms with Crippen molar-refractivity contribution in [2.45, 2.75) is 31.7 Å². The van der Waals surface area contributed by atoms with Gasteiger partial charge in [-0.3, -0.25) is 4.79 Å². The van der Waals surface area contributed by atoms with Crippen molar-refractivity contribution < 1.29 is 9.18 Å². The van der Waals surface area contributed by atoms with Gasteiger partial charge in [-0.05, 0) is 37.0 Å². The van der Waals surface area contributed by atoms with E-state index in [1.807, 2.05) is 0 Å². The molecule has 90 valence electrons. The molecule has 4 heteroatoms. The molecular weight excluding hydrogens is 241 g/mol. The van der Waals surface area contributed by atoms with Gasteiger partial charge >= 0.3 is 0 Å². The zero-order chi connectivity index (χ0) is 12.0. The quantitative estimate of drug-likeness (QED) is 0.767. The third kappa shape index (κ3) is 1.64. The molecule has 0 amide bonds. The number of carbonyl (C=O) groups excluding carboxylic acids is 1. The van der Waals surface area contributed by atoms with E-state index in [4.69, 9.17) is 11.6 Å². The number of anilines is 1. The first-order valence-electron chi connectivity index (χ1n) is 5.94. The lowest BCUT2D eigenvalue weighted by molar-refractivity contribution is -0.118. The van der Waals surface area contributed by atoms with E-state index in [1.54, 1.807) is 6.07 Å². The summed E-state index contributed by atoms with van der Waals surface area (Å²) < 4.78 is 13.3. The van der Waals surface area contributed by atoms with Crippen molar-refractivity contribution in [2.75, 3.05) is 11.4 Å². The molecule has 1 aromatic rings. The van der Waals surface area contributed by atoms with Crippen LogP contribution in [0.25, 0.3) is 0 Å². The largest absolute Gasteiger partial charge is 0.361 e. The highest BCUT2D eigenvalue weighted by atomic mass is 35.5. The molecule has 0 bridgehead atoms. The molecule has 1 saturated carbocycles. The highest BCUT2D eigenvalue weighted by molar-refractivity contribution is 6.32. The average Bonchev–Trinajstić information content (AvgIpc) is 2.89. The molecule has 0 saturated heterocycles. The minimum Gasteiger partial charge on any atom is -0.361 e. The molecule has 0 spiro atoms. The van der Waals surface area contributed by atoms with Crippen LogP contribution in [0.3, 0.4) is 0 Å². The van der Waals surface area contributed by atoms with E-state index >= 15 is 0 Å². The van der Waals surface area contributed by atoms with Gasteiger partial charge in [-0.25, -0.2) is 4.39 Å². The summed E-state index contributed by atoms with van der Waals surface area (Å²) in [5, 5.41) is 0.218. The topological polar surface area (TPSA) is 20.3 Å². The van der Waals surface area contributed by atoms with Gasteiger partial charge in [0.1, 0.15) is 5.82 Å². The zero-order valence-corrected chi connectivity index (χ0v) is 10.1. The van der Waals surface area contributed by atoms with Crippen molar-refractivity contribution in [3.05, 3.63) is 28.5 Å². The van der Waals surface area contributed by atoms with Crippen LogP contribution < -0.4 is 4.90 Å². The van der Waals surface area contributed by atoms with Crippen molar-refractivity contribution in [1.82, 2.24) is 0 Å². The molecule has 1 aliphatic carbocycles. The van der Waals surface area contributed by atoms with Gasteiger partial charge in [0.25, 0.3) is 0 Å². The summed E-state index contributed by atoms with van der Waals surface area (Å²) in [4.78, 5) is 13.9. The van der Waals surface area contributed by atoms with Crippen LogP contribution in [0.2, 0.25) is 5.02 Å². The van der Waals surface area contributed by atoms with E-state index < -0.39 is 0 Å². The van der Waals surface area contributed by atoms with Gasteiger partial charge in [-0.15, -0.1) is 0 Å². The number of ketones is 1. The molecule has 0 aromatic heterocycles. The molecule has 2 aliphatic rings. The predicted molar refractivity (Wildman–Crippen MR) is 65.1 cm³/mol. The van der Waals surface area contributed by atoms with Crippen molar-refractivity contribution in [1.29, 1.82) is 0 Å².